The van der Waals surface area contributed by atoms with Crippen molar-refractivity contribution in [1.29, 1.82) is 0 Å². The molecule has 2 aromatic rings. The van der Waals surface area contributed by atoms with E-state index in [9.17, 15) is 0 Å². The molecule has 1 heterocycles. The van der Waals surface area contributed by atoms with E-state index >= 15 is 0 Å². The summed E-state index contributed by atoms with van der Waals surface area (Å²) in [4.78, 5) is 2.53. The monoisotopic (exact) mass is 327 g/mol. The second-order valence-electron chi connectivity index (χ2n) is 6.12. The summed E-state index contributed by atoms with van der Waals surface area (Å²) < 4.78 is 10.8. The molecule has 0 saturated carbocycles. The summed E-state index contributed by atoms with van der Waals surface area (Å²) >= 11 is 0. The highest BCUT2D eigenvalue weighted by molar-refractivity contribution is 5.32. The molecule has 0 radical (unpaired) electrons. The molecule has 4 nitrogen and oxygen atoms in total. The molecule has 0 spiro atoms. The van der Waals surface area contributed by atoms with Crippen molar-refractivity contribution in [2.75, 3.05) is 26.9 Å². The summed E-state index contributed by atoms with van der Waals surface area (Å²) in [5, 5.41) is 8.81. The van der Waals surface area contributed by atoms with E-state index in [4.69, 9.17) is 14.6 Å². The van der Waals surface area contributed by atoms with Gasteiger partial charge >= 0.3 is 0 Å². The fourth-order valence-electron chi connectivity index (χ4n) is 3.33. The van der Waals surface area contributed by atoms with E-state index in [1.165, 1.54) is 24.0 Å². The van der Waals surface area contributed by atoms with Crippen molar-refractivity contribution < 1.29 is 14.6 Å². The SMILES string of the molecule is COc1cccc([C@@H]2CCCN2Cc2ccc(OCCO)cc2)c1. The number of hydrogen-bond acceptors (Lipinski definition) is 4. The summed E-state index contributed by atoms with van der Waals surface area (Å²) in [5.41, 5.74) is 2.61. The van der Waals surface area contributed by atoms with Crippen LogP contribution in [0.1, 0.15) is 30.0 Å². The lowest BCUT2D eigenvalue weighted by atomic mass is 10.0. The Morgan fingerprint density at radius 3 is 2.71 bits per heavy atom. The zero-order chi connectivity index (χ0) is 16.8. The third-order valence-electron chi connectivity index (χ3n) is 4.51. The summed E-state index contributed by atoms with van der Waals surface area (Å²) in [6.45, 7) is 2.42. The van der Waals surface area contributed by atoms with Gasteiger partial charge < -0.3 is 14.6 Å². The minimum absolute atomic E-state index is 0.0394. The second kappa shape index (κ2) is 8.18. The largest absolute Gasteiger partial charge is 0.497 e. The maximum absolute atomic E-state index is 8.81. The first-order chi connectivity index (χ1) is 11.8. The maximum Gasteiger partial charge on any atom is 0.119 e. The molecular formula is C20H25NO3. The van der Waals surface area contributed by atoms with Crippen molar-refractivity contribution in [3.05, 3.63) is 59.7 Å². The molecule has 1 atom stereocenters. The van der Waals surface area contributed by atoms with E-state index in [1.807, 2.05) is 18.2 Å². The first-order valence-electron chi connectivity index (χ1n) is 8.51. The third kappa shape index (κ3) is 4.08. The fraction of sp³-hybridized carbons (Fsp3) is 0.400. The maximum atomic E-state index is 8.81. The van der Waals surface area contributed by atoms with E-state index in [1.54, 1.807) is 7.11 Å². The van der Waals surface area contributed by atoms with Crippen molar-refractivity contribution >= 4 is 0 Å². The quantitative estimate of drug-likeness (QED) is 0.846. The average Bonchev–Trinajstić information content (AvgIpc) is 3.09. The lowest BCUT2D eigenvalue weighted by molar-refractivity contribution is 0.201. The molecule has 1 saturated heterocycles. The summed E-state index contributed by atoms with van der Waals surface area (Å²) in [6.07, 6.45) is 2.41. The highest BCUT2D eigenvalue weighted by Gasteiger charge is 2.26. The summed E-state index contributed by atoms with van der Waals surface area (Å²) in [6, 6.07) is 17.0. The summed E-state index contributed by atoms with van der Waals surface area (Å²) in [5.74, 6) is 1.73. The molecule has 2 aromatic carbocycles. The lowest BCUT2D eigenvalue weighted by Gasteiger charge is -2.25. The molecule has 24 heavy (non-hydrogen) atoms. The van der Waals surface area contributed by atoms with Gasteiger partial charge in [0.05, 0.1) is 13.7 Å². The molecule has 1 N–H and O–H groups in total. The highest BCUT2D eigenvalue weighted by Crippen LogP contribution is 2.34. The van der Waals surface area contributed by atoms with Crippen LogP contribution in [0.5, 0.6) is 11.5 Å². The van der Waals surface area contributed by atoms with Crippen LogP contribution in [0.3, 0.4) is 0 Å². The van der Waals surface area contributed by atoms with Crippen molar-refractivity contribution in [3.8, 4) is 11.5 Å². The van der Waals surface area contributed by atoms with Gasteiger partial charge in [0.2, 0.25) is 0 Å². The van der Waals surface area contributed by atoms with Gasteiger partial charge in [-0.15, -0.1) is 0 Å². The number of nitrogens with zero attached hydrogens (tertiary/aromatic N) is 1. The predicted molar refractivity (Wildman–Crippen MR) is 94.4 cm³/mol. The second-order valence-corrected chi connectivity index (χ2v) is 6.12. The molecule has 1 aliphatic heterocycles. The Morgan fingerprint density at radius 1 is 1.12 bits per heavy atom. The molecular weight excluding hydrogens is 302 g/mol. The smallest absolute Gasteiger partial charge is 0.119 e. The third-order valence-corrected chi connectivity index (χ3v) is 4.51. The van der Waals surface area contributed by atoms with Gasteiger partial charge in [-0.05, 0) is 54.8 Å². The Morgan fingerprint density at radius 2 is 1.96 bits per heavy atom. The zero-order valence-electron chi connectivity index (χ0n) is 14.1. The number of ether oxygens (including phenoxy) is 2. The first-order valence-corrected chi connectivity index (χ1v) is 8.51. The van der Waals surface area contributed by atoms with Crippen molar-refractivity contribution in [1.82, 2.24) is 4.90 Å². The molecule has 1 aliphatic rings. The Labute approximate surface area is 143 Å². The molecule has 0 aliphatic carbocycles. The normalized spacial score (nSPS) is 17.8. The van der Waals surface area contributed by atoms with Crippen molar-refractivity contribution in [3.63, 3.8) is 0 Å². The number of benzene rings is 2. The molecule has 4 heteroatoms. The minimum Gasteiger partial charge on any atom is -0.497 e. The van der Waals surface area contributed by atoms with Gasteiger partial charge in [-0.2, -0.15) is 0 Å². The molecule has 1 fully saturated rings. The van der Waals surface area contributed by atoms with Gasteiger partial charge in [0.25, 0.3) is 0 Å². The Kier molecular flexibility index (Phi) is 5.72. The van der Waals surface area contributed by atoms with Crippen LogP contribution in [-0.4, -0.2) is 36.9 Å². The number of rotatable bonds is 7. The lowest BCUT2D eigenvalue weighted by Crippen LogP contribution is -2.22. The first kappa shape index (κ1) is 16.8. The van der Waals surface area contributed by atoms with E-state index < -0.39 is 0 Å². The van der Waals surface area contributed by atoms with Crippen LogP contribution in [0.2, 0.25) is 0 Å². The highest BCUT2D eigenvalue weighted by atomic mass is 16.5. The van der Waals surface area contributed by atoms with E-state index in [0.29, 0.717) is 12.6 Å². The van der Waals surface area contributed by atoms with Gasteiger partial charge in [-0.1, -0.05) is 24.3 Å². The van der Waals surface area contributed by atoms with Gasteiger partial charge in [0, 0.05) is 12.6 Å². The van der Waals surface area contributed by atoms with Crippen LogP contribution >= 0.6 is 0 Å². The van der Waals surface area contributed by atoms with E-state index in [0.717, 1.165) is 24.6 Å². The fourth-order valence-corrected chi connectivity index (χ4v) is 3.33. The van der Waals surface area contributed by atoms with E-state index in [-0.39, 0.29) is 6.61 Å². The van der Waals surface area contributed by atoms with Crippen LogP contribution in [-0.2, 0) is 6.54 Å². The standard InChI is InChI=1S/C20H25NO3/c1-23-19-5-2-4-17(14-19)20-6-3-11-21(20)15-16-7-9-18(10-8-16)24-13-12-22/h2,4-5,7-10,14,20,22H,3,6,11-13,15H2,1H3/t20-/m0/s1. The number of aliphatic hydroxyl groups is 1. The number of methoxy groups -OCH3 is 1. The van der Waals surface area contributed by atoms with Crippen molar-refractivity contribution in [2.24, 2.45) is 0 Å². The molecule has 3 rings (SSSR count). The molecule has 0 unspecified atom stereocenters. The number of likely N-dealkylation sites (tertiary alicyclic amines) is 1. The molecule has 0 amide bonds. The van der Waals surface area contributed by atoms with Crippen LogP contribution in [0.25, 0.3) is 0 Å². The topological polar surface area (TPSA) is 41.9 Å². The van der Waals surface area contributed by atoms with Crippen molar-refractivity contribution in [2.45, 2.75) is 25.4 Å². The van der Waals surface area contributed by atoms with Crippen LogP contribution < -0.4 is 9.47 Å². The van der Waals surface area contributed by atoms with Gasteiger partial charge in [-0.25, -0.2) is 0 Å². The van der Waals surface area contributed by atoms with Crippen LogP contribution in [0.15, 0.2) is 48.5 Å². The Hall–Kier alpha value is -2.04. The van der Waals surface area contributed by atoms with Crippen LogP contribution in [0.4, 0.5) is 0 Å². The molecule has 0 bridgehead atoms. The molecule has 128 valence electrons. The predicted octanol–water partition coefficient (Wildman–Crippen LogP) is 3.40. The van der Waals surface area contributed by atoms with Gasteiger partial charge in [0.1, 0.15) is 18.1 Å². The van der Waals surface area contributed by atoms with E-state index in [2.05, 4.69) is 35.2 Å². The number of aliphatic hydroxyl groups excluding tert-OH is 1. The Bertz CT molecular complexity index is 642. The Balaban J connectivity index is 1.67. The average molecular weight is 327 g/mol. The number of hydrogen-bond donors (Lipinski definition) is 1. The van der Waals surface area contributed by atoms with Gasteiger partial charge in [-0.3, -0.25) is 4.90 Å². The summed E-state index contributed by atoms with van der Waals surface area (Å²) in [7, 11) is 1.71. The minimum atomic E-state index is 0.0394. The zero-order valence-corrected chi connectivity index (χ0v) is 14.1. The van der Waals surface area contributed by atoms with Crippen LogP contribution in [0, 0.1) is 0 Å². The molecule has 0 aromatic heterocycles. The van der Waals surface area contributed by atoms with Gasteiger partial charge in [0.15, 0.2) is 0 Å².